The smallest absolute Gasteiger partial charge is 0.0630 e. The summed E-state index contributed by atoms with van der Waals surface area (Å²) in [6.07, 6.45) is 15.5. The molecule has 2 heteroatoms. The fraction of sp³-hybridized carbons (Fsp3) is 0.350. The highest BCUT2D eigenvalue weighted by Gasteiger charge is 2.53. The second-order valence-corrected chi connectivity index (χ2v) is 6.30. The molecule has 2 aliphatic rings. The summed E-state index contributed by atoms with van der Waals surface area (Å²) in [5.41, 5.74) is 2.92. The van der Waals surface area contributed by atoms with Crippen molar-refractivity contribution in [2.24, 2.45) is 16.3 Å². The zero-order valence-electron chi connectivity index (χ0n) is 13.9. The number of allylic oxidation sites excluding steroid dienone is 6. The number of aliphatic imine (C=N–C) groups is 1. The zero-order valence-corrected chi connectivity index (χ0v) is 13.9. The molecule has 2 nitrogen and oxygen atoms in total. The molecule has 0 spiro atoms. The summed E-state index contributed by atoms with van der Waals surface area (Å²) in [7, 11) is 0. The summed E-state index contributed by atoms with van der Waals surface area (Å²) in [6.45, 7) is 18.1. The third-order valence-corrected chi connectivity index (χ3v) is 4.71. The van der Waals surface area contributed by atoms with E-state index in [2.05, 4.69) is 55.2 Å². The molecule has 1 saturated carbocycles. The molecule has 22 heavy (non-hydrogen) atoms. The van der Waals surface area contributed by atoms with Gasteiger partial charge in [-0.15, -0.1) is 13.2 Å². The first kappa shape index (κ1) is 16.3. The molecule has 2 aliphatic carbocycles. The Morgan fingerprint density at radius 1 is 1.45 bits per heavy atom. The van der Waals surface area contributed by atoms with Gasteiger partial charge in [-0.25, -0.2) is 0 Å². The van der Waals surface area contributed by atoms with Crippen LogP contribution in [0.4, 0.5) is 0 Å². The molecule has 2 unspecified atom stereocenters. The van der Waals surface area contributed by atoms with E-state index >= 15 is 0 Å². The van der Waals surface area contributed by atoms with E-state index < -0.39 is 0 Å². The van der Waals surface area contributed by atoms with Crippen molar-refractivity contribution in [2.45, 2.75) is 32.7 Å². The highest BCUT2D eigenvalue weighted by Crippen LogP contribution is 2.51. The molecule has 0 aromatic carbocycles. The van der Waals surface area contributed by atoms with Crippen molar-refractivity contribution >= 4 is 5.71 Å². The number of hydrogen-bond donors (Lipinski definition) is 1. The van der Waals surface area contributed by atoms with E-state index in [4.69, 9.17) is 0 Å². The van der Waals surface area contributed by atoms with Gasteiger partial charge in [0.15, 0.2) is 0 Å². The Bertz CT molecular complexity index is 608. The van der Waals surface area contributed by atoms with Crippen LogP contribution in [0.1, 0.15) is 27.2 Å². The minimum atomic E-state index is -0.161. The van der Waals surface area contributed by atoms with E-state index in [0.717, 1.165) is 17.8 Å². The Balaban J connectivity index is 2.10. The van der Waals surface area contributed by atoms with Crippen molar-refractivity contribution in [3.63, 3.8) is 0 Å². The molecule has 0 aliphatic heterocycles. The molecule has 0 aromatic rings. The molecular weight excluding hydrogens is 268 g/mol. The highest BCUT2D eigenvalue weighted by molar-refractivity contribution is 5.97. The van der Waals surface area contributed by atoms with Crippen LogP contribution in [0, 0.1) is 11.3 Å². The van der Waals surface area contributed by atoms with Gasteiger partial charge in [0.2, 0.25) is 0 Å². The Hall–Kier alpha value is -2.09. The molecule has 2 atom stereocenters. The summed E-state index contributed by atoms with van der Waals surface area (Å²) in [5.74, 6) is 0.498. The maximum Gasteiger partial charge on any atom is 0.0630 e. The Morgan fingerprint density at radius 3 is 2.68 bits per heavy atom. The number of rotatable bonds is 7. The molecule has 116 valence electrons. The van der Waals surface area contributed by atoms with Crippen molar-refractivity contribution in [1.29, 1.82) is 0 Å². The summed E-state index contributed by atoms with van der Waals surface area (Å²) >= 11 is 0. The fourth-order valence-electron chi connectivity index (χ4n) is 2.71. The molecule has 0 heterocycles. The molecular formula is C20H26N2. The van der Waals surface area contributed by atoms with Crippen LogP contribution in [0.15, 0.2) is 78.7 Å². The van der Waals surface area contributed by atoms with Crippen molar-refractivity contribution in [1.82, 2.24) is 5.32 Å². The number of fused-ring (bicyclic) bond motifs is 1. The minimum absolute atomic E-state index is 0.0105. The minimum Gasteiger partial charge on any atom is -0.375 e. The number of nitrogens with one attached hydrogen (secondary N) is 1. The van der Waals surface area contributed by atoms with Crippen LogP contribution in [-0.4, -0.2) is 11.3 Å². The quantitative estimate of drug-likeness (QED) is 0.533. The average Bonchev–Trinajstić information content (AvgIpc) is 3.24. The van der Waals surface area contributed by atoms with Crippen molar-refractivity contribution in [3.05, 3.63) is 73.7 Å². The zero-order chi connectivity index (χ0) is 16.4. The highest BCUT2D eigenvalue weighted by atomic mass is 15.1. The molecule has 0 radical (unpaired) electrons. The Labute approximate surface area is 134 Å². The molecule has 0 aromatic heterocycles. The maximum atomic E-state index is 4.35. The van der Waals surface area contributed by atoms with Crippen LogP contribution in [0.2, 0.25) is 0 Å². The lowest BCUT2D eigenvalue weighted by Crippen LogP contribution is -2.34. The lowest BCUT2D eigenvalue weighted by molar-refractivity contribution is 0.622. The predicted octanol–water partition coefficient (Wildman–Crippen LogP) is 4.72. The van der Waals surface area contributed by atoms with Crippen molar-refractivity contribution in [3.8, 4) is 0 Å². The van der Waals surface area contributed by atoms with Crippen LogP contribution in [0.25, 0.3) is 0 Å². The van der Waals surface area contributed by atoms with Crippen LogP contribution in [-0.2, 0) is 0 Å². The third kappa shape index (κ3) is 2.92. The van der Waals surface area contributed by atoms with Crippen LogP contribution >= 0.6 is 0 Å². The van der Waals surface area contributed by atoms with Gasteiger partial charge in [0.05, 0.1) is 11.3 Å². The Morgan fingerprint density at radius 2 is 2.14 bits per heavy atom. The standard InChI is InChI=1S/C20H26N2/c1-7-12-21-15(4)16(5)22-20-11-10-17(13-18(20)14-20)19(6,8-2)9-3/h7-13,18,22H,2-3,5,14H2,1,4,6H3/b12-7-,21-15?. The van der Waals surface area contributed by atoms with Gasteiger partial charge < -0.3 is 5.32 Å². The van der Waals surface area contributed by atoms with Gasteiger partial charge in [-0.05, 0) is 32.8 Å². The summed E-state index contributed by atoms with van der Waals surface area (Å²) in [5, 5.41) is 3.54. The largest absolute Gasteiger partial charge is 0.375 e. The molecule has 0 bridgehead atoms. The van der Waals surface area contributed by atoms with E-state index in [9.17, 15) is 0 Å². The van der Waals surface area contributed by atoms with Gasteiger partial charge in [0.25, 0.3) is 0 Å². The normalized spacial score (nSPS) is 27.1. The van der Waals surface area contributed by atoms with Crippen LogP contribution in [0.5, 0.6) is 0 Å². The molecule has 0 amide bonds. The van der Waals surface area contributed by atoms with Crippen molar-refractivity contribution in [2.75, 3.05) is 0 Å². The van der Waals surface area contributed by atoms with E-state index in [0.29, 0.717) is 5.92 Å². The second-order valence-electron chi connectivity index (χ2n) is 6.30. The average molecular weight is 294 g/mol. The van der Waals surface area contributed by atoms with Gasteiger partial charge in [-0.2, -0.15) is 0 Å². The van der Waals surface area contributed by atoms with Crippen molar-refractivity contribution < 1.29 is 0 Å². The van der Waals surface area contributed by atoms with Gasteiger partial charge in [0.1, 0.15) is 0 Å². The topological polar surface area (TPSA) is 24.4 Å². The fourth-order valence-corrected chi connectivity index (χ4v) is 2.71. The lowest BCUT2D eigenvalue weighted by Gasteiger charge is -2.27. The SMILES string of the molecule is C=CC(C)(C=C)C1=CC2CC2(NC(=C)C(C)=N/C=C\C)C=C1. The first-order valence-electron chi connectivity index (χ1n) is 7.72. The molecule has 2 rings (SSSR count). The third-order valence-electron chi connectivity index (χ3n) is 4.71. The molecule has 1 N–H and O–H groups in total. The van der Waals surface area contributed by atoms with E-state index in [-0.39, 0.29) is 11.0 Å². The van der Waals surface area contributed by atoms with E-state index in [1.54, 1.807) is 6.20 Å². The van der Waals surface area contributed by atoms with E-state index in [1.807, 2.05) is 32.1 Å². The van der Waals surface area contributed by atoms with Gasteiger partial charge >= 0.3 is 0 Å². The van der Waals surface area contributed by atoms with Crippen LogP contribution < -0.4 is 5.32 Å². The molecule has 0 saturated heterocycles. The summed E-state index contributed by atoms with van der Waals surface area (Å²) in [6, 6.07) is 0. The number of nitrogens with zero attached hydrogens (tertiary/aromatic N) is 1. The first-order valence-corrected chi connectivity index (χ1v) is 7.72. The Kier molecular flexibility index (Phi) is 4.41. The predicted molar refractivity (Wildman–Crippen MR) is 96.8 cm³/mol. The first-order chi connectivity index (χ1) is 10.4. The van der Waals surface area contributed by atoms with E-state index in [1.165, 1.54) is 5.57 Å². The number of hydrogen-bond acceptors (Lipinski definition) is 2. The monoisotopic (exact) mass is 294 g/mol. The maximum absolute atomic E-state index is 4.35. The lowest BCUT2D eigenvalue weighted by atomic mass is 9.79. The second kappa shape index (κ2) is 5.96. The summed E-state index contributed by atoms with van der Waals surface area (Å²) < 4.78 is 0. The van der Waals surface area contributed by atoms with Gasteiger partial charge in [-0.1, -0.05) is 43.0 Å². The van der Waals surface area contributed by atoms with Gasteiger partial charge in [-0.3, -0.25) is 4.99 Å². The van der Waals surface area contributed by atoms with Gasteiger partial charge in [0, 0.05) is 23.2 Å². The van der Waals surface area contributed by atoms with Crippen LogP contribution in [0.3, 0.4) is 0 Å². The summed E-state index contributed by atoms with van der Waals surface area (Å²) in [4.78, 5) is 4.35. The molecule has 1 fully saturated rings.